The molecule has 2 aromatic rings. The second kappa shape index (κ2) is 7.99. The molecule has 1 aliphatic heterocycles. The normalized spacial score (nSPS) is 16.2. The van der Waals surface area contributed by atoms with Crippen molar-refractivity contribution >= 4 is 24.1 Å². The summed E-state index contributed by atoms with van der Waals surface area (Å²) in [4.78, 5) is 4.51. The van der Waals surface area contributed by atoms with Gasteiger partial charge in [-0.05, 0) is 54.1 Å². The Bertz CT molecular complexity index is 862. The molecule has 0 atom stereocenters. The molecule has 1 saturated carbocycles. The Kier molecular flexibility index (Phi) is 5.28. The van der Waals surface area contributed by atoms with Crippen molar-refractivity contribution in [3.63, 3.8) is 0 Å². The number of nitrogens with zero attached hydrogens (tertiary/aromatic N) is 2. The highest BCUT2D eigenvalue weighted by molar-refractivity contribution is 6.62. The fraction of sp³-hybridized carbons (Fsp3) is 0.400. The molecule has 0 spiro atoms. The van der Waals surface area contributed by atoms with E-state index in [1.165, 1.54) is 25.7 Å². The first-order chi connectivity index (χ1) is 13.3. The molecule has 2 heterocycles. The summed E-state index contributed by atoms with van der Waals surface area (Å²) in [7, 11) is 1.34. The Labute approximate surface area is 159 Å². The number of ether oxygens (including phenoxy) is 1. The van der Waals surface area contributed by atoms with Crippen molar-refractivity contribution in [3.05, 3.63) is 41.5 Å². The third-order valence-corrected chi connectivity index (χ3v) is 5.18. The second-order valence-corrected chi connectivity index (χ2v) is 7.04. The summed E-state index contributed by atoms with van der Waals surface area (Å²) in [6, 6.07) is 11.7. The molecular formula is C20H22BN3O3. The average molecular weight is 363 g/mol. The number of hydrogen-bond acceptors (Lipinski definition) is 6. The van der Waals surface area contributed by atoms with Crippen LogP contribution in [0, 0.1) is 17.2 Å². The molecule has 7 heteroatoms. The van der Waals surface area contributed by atoms with Crippen molar-refractivity contribution < 1.29 is 14.0 Å². The van der Waals surface area contributed by atoms with Gasteiger partial charge in [-0.15, -0.1) is 0 Å². The number of hydrogen-bond donors (Lipinski definition) is 1. The van der Waals surface area contributed by atoms with Crippen LogP contribution in [0.4, 0.5) is 11.5 Å². The van der Waals surface area contributed by atoms with Crippen LogP contribution in [0.2, 0.25) is 0 Å². The average Bonchev–Trinajstić information content (AvgIpc) is 3.35. The lowest BCUT2D eigenvalue weighted by Crippen LogP contribution is -2.30. The van der Waals surface area contributed by atoms with Gasteiger partial charge in [0.25, 0.3) is 0 Å². The molecule has 0 saturated heterocycles. The minimum absolute atomic E-state index is 0.294. The van der Waals surface area contributed by atoms with Crippen molar-refractivity contribution in [2.75, 3.05) is 19.0 Å². The van der Waals surface area contributed by atoms with E-state index in [-0.39, 0.29) is 7.12 Å². The Balaban J connectivity index is 1.49. The molecule has 1 aromatic carbocycles. The molecule has 0 unspecified atom stereocenters. The van der Waals surface area contributed by atoms with Crippen molar-refractivity contribution in [1.29, 1.82) is 5.26 Å². The van der Waals surface area contributed by atoms with Gasteiger partial charge >= 0.3 is 7.12 Å². The second-order valence-electron chi connectivity index (χ2n) is 7.04. The van der Waals surface area contributed by atoms with E-state index in [9.17, 15) is 5.26 Å². The molecule has 1 N–H and O–H groups in total. The predicted molar refractivity (Wildman–Crippen MR) is 103 cm³/mol. The van der Waals surface area contributed by atoms with E-state index in [0.29, 0.717) is 36.4 Å². The zero-order valence-corrected chi connectivity index (χ0v) is 15.4. The molecular weight excluding hydrogens is 341 g/mol. The van der Waals surface area contributed by atoms with Gasteiger partial charge in [-0.1, -0.05) is 18.9 Å². The number of nitriles is 1. The minimum atomic E-state index is -0.294. The van der Waals surface area contributed by atoms with E-state index in [2.05, 4.69) is 16.4 Å². The standard InChI is InChI=1S/C20H22BN3O3/c1-25-21-18-8-7-17(10-16(18)13-27-21)23-19-9-6-15(11-22)20(24-19)26-12-14-4-2-3-5-14/h6-10,14H,2-5,12-13H2,1H3,(H,23,24). The van der Waals surface area contributed by atoms with Gasteiger partial charge in [-0.3, -0.25) is 0 Å². The number of fused-ring (bicyclic) bond motifs is 1. The van der Waals surface area contributed by atoms with Gasteiger partial charge in [-0.2, -0.15) is 10.2 Å². The van der Waals surface area contributed by atoms with Crippen LogP contribution >= 0.6 is 0 Å². The predicted octanol–water partition coefficient (Wildman–Crippen LogP) is 3.14. The van der Waals surface area contributed by atoms with Crippen molar-refractivity contribution in [2.24, 2.45) is 5.92 Å². The number of anilines is 2. The Morgan fingerprint density at radius 2 is 2.15 bits per heavy atom. The summed E-state index contributed by atoms with van der Waals surface area (Å²) in [6.07, 6.45) is 4.92. The monoisotopic (exact) mass is 363 g/mol. The van der Waals surface area contributed by atoms with Gasteiger partial charge in [0.15, 0.2) is 0 Å². The number of aromatic nitrogens is 1. The van der Waals surface area contributed by atoms with Gasteiger partial charge in [0, 0.05) is 12.8 Å². The van der Waals surface area contributed by atoms with E-state index < -0.39 is 0 Å². The highest BCUT2D eigenvalue weighted by Gasteiger charge is 2.29. The first kappa shape index (κ1) is 17.8. The molecule has 138 valence electrons. The van der Waals surface area contributed by atoms with Crippen LogP contribution in [-0.4, -0.2) is 25.8 Å². The minimum Gasteiger partial charge on any atom is -0.476 e. The lowest BCUT2D eigenvalue weighted by molar-refractivity contribution is 0.243. The largest absolute Gasteiger partial charge is 0.494 e. The first-order valence-corrected chi connectivity index (χ1v) is 9.35. The Morgan fingerprint density at radius 1 is 1.30 bits per heavy atom. The van der Waals surface area contributed by atoms with Gasteiger partial charge in [0.1, 0.15) is 17.5 Å². The molecule has 1 aromatic heterocycles. The topological polar surface area (TPSA) is 76.4 Å². The van der Waals surface area contributed by atoms with Crippen LogP contribution in [0.5, 0.6) is 5.88 Å². The molecule has 2 aliphatic rings. The van der Waals surface area contributed by atoms with Crippen LogP contribution in [0.1, 0.15) is 36.8 Å². The van der Waals surface area contributed by atoms with Crippen molar-refractivity contribution in [1.82, 2.24) is 4.98 Å². The highest BCUT2D eigenvalue weighted by atomic mass is 16.6. The Hall–Kier alpha value is -2.56. The van der Waals surface area contributed by atoms with E-state index in [1.54, 1.807) is 19.2 Å². The molecule has 1 fully saturated rings. The third kappa shape index (κ3) is 3.92. The highest BCUT2D eigenvalue weighted by Crippen LogP contribution is 2.27. The lowest BCUT2D eigenvalue weighted by atomic mass is 9.79. The fourth-order valence-corrected chi connectivity index (χ4v) is 3.72. The van der Waals surface area contributed by atoms with Gasteiger partial charge in [-0.25, -0.2) is 0 Å². The maximum absolute atomic E-state index is 9.33. The van der Waals surface area contributed by atoms with Crippen LogP contribution in [0.15, 0.2) is 30.3 Å². The van der Waals surface area contributed by atoms with E-state index in [4.69, 9.17) is 14.0 Å². The fourth-order valence-electron chi connectivity index (χ4n) is 3.72. The molecule has 4 rings (SSSR count). The molecule has 0 radical (unpaired) electrons. The van der Waals surface area contributed by atoms with Crippen LogP contribution < -0.4 is 15.5 Å². The maximum Gasteiger partial charge on any atom is 0.494 e. The smallest absolute Gasteiger partial charge is 0.476 e. The number of rotatable bonds is 6. The third-order valence-electron chi connectivity index (χ3n) is 5.18. The Morgan fingerprint density at radius 3 is 2.93 bits per heavy atom. The summed E-state index contributed by atoms with van der Waals surface area (Å²) < 4.78 is 16.8. The van der Waals surface area contributed by atoms with Gasteiger partial charge in [0.2, 0.25) is 5.88 Å². The van der Waals surface area contributed by atoms with Gasteiger partial charge in [0.05, 0.1) is 13.2 Å². The molecule has 27 heavy (non-hydrogen) atoms. The quantitative estimate of drug-likeness (QED) is 0.795. The summed E-state index contributed by atoms with van der Waals surface area (Å²) in [5.74, 6) is 1.62. The van der Waals surface area contributed by atoms with Gasteiger partial charge < -0.3 is 19.4 Å². The van der Waals surface area contributed by atoms with Crippen LogP contribution in [0.3, 0.4) is 0 Å². The zero-order valence-electron chi connectivity index (χ0n) is 15.4. The van der Waals surface area contributed by atoms with Crippen LogP contribution in [-0.2, 0) is 15.9 Å². The van der Waals surface area contributed by atoms with Crippen LogP contribution in [0.25, 0.3) is 0 Å². The van der Waals surface area contributed by atoms with E-state index in [1.807, 2.05) is 18.2 Å². The first-order valence-electron chi connectivity index (χ1n) is 9.35. The number of pyridine rings is 1. The molecule has 6 nitrogen and oxygen atoms in total. The summed E-state index contributed by atoms with van der Waals surface area (Å²) >= 11 is 0. The summed E-state index contributed by atoms with van der Waals surface area (Å²) in [5, 5.41) is 12.6. The number of nitrogens with one attached hydrogen (secondary N) is 1. The molecule has 1 aliphatic carbocycles. The summed E-state index contributed by atoms with van der Waals surface area (Å²) in [5.41, 5.74) is 3.52. The number of benzene rings is 1. The lowest BCUT2D eigenvalue weighted by Gasteiger charge is -2.13. The zero-order chi connectivity index (χ0) is 18.6. The maximum atomic E-state index is 9.33. The van der Waals surface area contributed by atoms with Crippen molar-refractivity contribution in [2.45, 2.75) is 32.3 Å². The summed E-state index contributed by atoms with van der Waals surface area (Å²) in [6.45, 7) is 1.15. The molecule has 0 bridgehead atoms. The van der Waals surface area contributed by atoms with E-state index in [0.717, 1.165) is 16.7 Å². The van der Waals surface area contributed by atoms with E-state index >= 15 is 0 Å². The molecule has 0 amide bonds. The SMILES string of the molecule is COB1OCc2cc(Nc3ccc(C#N)c(OCC4CCCC4)n3)ccc21. The van der Waals surface area contributed by atoms with Crippen molar-refractivity contribution in [3.8, 4) is 11.9 Å².